The Bertz CT molecular complexity index is 114. The van der Waals surface area contributed by atoms with Gasteiger partial charge in [-0.25, -0.2) is 9.29 Å². The molecule has 0 radical (unpaired) electrons. The fraction of sp³-hybridized carbons (Fsp3) is 1.00. The van der Waals surface area contributed by atoms with Gasteiger partial charge in [-0.1, -0.05) is 25.4 Å². The van der Waals surface area contributed by atoms with E-state index >= 15 is 0 Å². The Hall–Kier alpha value is 0.0400. The number of hydrogen-bond acceptors (Lipinski definition) is 1. The van der Waals surface area contributed by atoms with Crippen molar-refractivity contribution in [2.45, 2.75) is 25.5 Å². The van der Waals surface area contributed by atoms with Gasteiger partial charge in [0.05, 0.1) is 0 Å². The molecule has 68 valence electrons. The maximum absolute atomic E-state index is 12.6. The predicted octanol–water partition coefficient (Wildman–Crippen LogP) is 2.46. The summed E-state index contributed by atoms with van der Waals surface area (Å²) in [5.41, 5.74) is -2.64. The minimum Gasteiger partial charge on any atom is -0.241 e. The molecule has 0 aliphatic carbocycles. The number of alkyl halides is 4. The van der Waals surface area contributed by atoms with Crippen molar-refractivity contribution in [3.8, 4) is 0 Å². The molecular weight excluding hydrogens is 179 g/mol. The van der Waals surface area contributed by atoms with Crippen molar-refractivity contribution < 1.29 is 13.2 Å². The van der Waals surface area contributed by atoms with Crippen LogP contribution in [0.25, 0.3) is 0 Å². The molecule has 0 aliphatic rings. The molecule has 0 aromatic heterocycles. The van der Waals surface area contributed by atoms with E-state index in [9.17, 15) is 13.2 Å². The van der Waals surface area contributed by atoms with Gasteiger partial charge in [0.2, 0.25) is 0 Å². The van der Waals surface area contributed by atoms with Crippen LogP contribution >= 0.6 is 11.6 Å². The molecule has 0 rings (SSSR count). The van der Waals surface area contributed by atoms with Crippen molar-refractivity contribution in [2.24, 2.45) is 0 Å². The zero-order valence-electron chi connectivity index (χ0n) is 6.45. The Morgan fingerprint density at radius 1 is 1.36 bits per heavy atom. The fourth-order valence-corrected chi connectivity index (χ4v) is 0.921. The summed E-state index contributed by atoms with van der Waals surface area (Å²) in [5.74, 6) is 0. The molecule has 0 fully saturated rings. The molecule has 0 aromatic rings. The average molecular weight is 190 g/mol. The Labute approximate surface area is 69.1 Å². The van der Waals surface area contributed by atoms with Crippen molar-refractivity contribution in [3.63, 3.8) is 0 Å². The van der Waals surface area contributed by atoms with Gasteiger partial charge in [-0.15, -0.1) is 0 Å². The molecular formula is C6H11ClF3N. The second-order valence-corrected chi connectivity index (χ2v) is 2.44. The van der Waals surface area contributed by atoms with E-state index in [-0.39, 0.29) is 13.1 Å². The maximum atomic E-state index is 12.6. The van der Waals surface area contributed by atoms with Crippen LogP contribution in [0, 0.1) is 0 Å². The molecule has 0 bridgehead atoms. The second kappa shape index (κ2) is 4.16. The molecule has 0 N–H and O–H groups in total. The van der Waals surface area contributed by atoms with Gasteiger partial charge >= 0.3 is 6.05 Å². The molecule has 1 nitrogen and oxygen atoms in total. The summed E-state index contributed by atoms with van der Waals surface area (Å²) in [6, 6.07) is -3.55. The lowest BCUT2D eigenvalue weighted by molar-refractivity contribution is -0.167. The monoisotopic (exact) mass is 189 g/mol. The Morgan fingerprint density at radius 3 is 1.82 bits per heavy atom. The standard InChI is InChI=1S/C6H11ClF3N/c1-3-11(4-2)6(9,10)5(7)8/h5H,3-4H2,1-2H3/t5-/m1/s1. The van der Waals surface area contributed by atoms with Gasteiger partial charge in [-0.05, 0) is 0 Å². The zero-order chi connectivity index (χ0) is 9.07. The summed E-state index contributed by atoms with van der Waals surface area (Å²) in [5, 5.41) is 0. The first-order valence-corrected chi connectivity index (χ1v) is 3.81. The lowest BCUT2D eigenvalue weighted by atomic mass is 10.4. The fourth-order valence-electron chi connectivity index (χ4n) is 0.783. The van der Waals surface area contributed by atoms with Gasteiger partial charge in [0.1, 0.15) is 0 Å². The van der Waals surface area contributed by atoms with Crippen molar-refractivity contribution in [1.82, 2.24) is 4.90 Å². The highest BCUT2D eigenvalue weighted by Gasteiger charge is 2.43. The molecule has 0 heterocycles. The van der Waals surface area contributed by atoms with Crippen molar-refractivity contribution in [1.29, 1.82) is 0 Å². The predicted molar refractivity (Wildman–Crippen MR) is 38.6 cm³/mol. The Kier molecular flexibility index (Phi) is 4.18. The van der Waals surface area contributed by atoms with Gasteiger partial charge in [-0.3, -0.25) is 0 Å². The highest BCUT2D eigenvalue weighted by molar-refractivity contribution is 6.20. The third kappa shape index (κ3) is 2.52. The van der Waals surface area contributed by atoms with E-state index in [2.05, 4.69) is 11.6 Å². The second-order valence-electron chi connectivity index (χ2n) is 2.06. The maximum Gasteiger partial charge on any atom is 0.349 e. The highest BCUT2D eigenvalue weighted by Crippen LogP contribution is 2.28. The minimum absolute atomic E-state index is 0.0800. The topological polar surface area (TPSA) is 3.24 Å². The molecule has 0 unspecified atom stereocenters. The zero-order valence-corrected chi connectivity index (χ0v) is 7.21. The number of nitrogens with zero attached hydrogens (tertiary/aromatic N) is 1. The number of hydrogen-bond donors (Lipinski definition) is 0. The van der Waals surface area contributed by atoms with Gasteiger partial charge < -0.3 is 0 Å². The third-order valence-electron chi connectivity index (χ3n) is 1.45. The van der Waals surface area contributed by atoms with Crippen LogP contribution in [0.1, 0.15) is 13.8 Å². The molecule has 0 aromatic carbocycles. The van der Waals surface area contributed by atoms with E-state index in [4.69, 9.17) is 0 Å². The summed E-state index contributed by atoms with van der Waals surface area (Å²) in [4.78, 5) is 0.671. The molecule has 5 heteroatoms. The molecule has 11 heavy (non-hydrogen) atoms. The van der Waals surface area contributed by atoms with E-state index in [1.165, 1.54) is 13.8 Å². The van der Waals surface area contributed by atoms with Gasteiger partial charge in [0.25, 0.3) is 5.63 Å². The summed E-state index contributed by atoms with van der Waals surface area (Å²) in [7, 11) is 0. The van der Waals surface area contributed by atoms with Gasteiger partial charge in [0.15, 0.2) is 0 Å². The Morgan fingerprint density at radius 2 is 1.73 bits per heavy atom. The van der Waals surface area contributed by atoms with Crippen LogP contribution in [-0.4, -0.2) is 29.7 Å². The van der Waals surface area contributed by atoms with E-state index < -0.39 is 11.7 Å². The summed E-state index contributed by atoms with van der Waals surface area (Å²) >= 11 is 4.66. The SMILES string of the molecule is CCN(CC)C(F)(F)[C@@H](F)Cl. The molecule has 0 spiro atoms. The average Bonchev–Trinajstić information content (AvgIpc) is 1.89. The lowest BCUT2D eigenvalue weighted by Gasteiger charge is -2.28. The van der Waals surface area contributed by atoms with Crippen molar-refractivity contribution in [3.05, 3.63) is 0 Å². The molecule has 0 saturated heterocycles. The van der Waals surface area contributed by atoms with Crippen LogP contribution < -0.4 is 0 Å². The summed E-state index contributed by atoms with van der Waals surface area (Å²) in [6.45, 7) is 3.21. The van der Waals surface area contributed by atoms with Gasteiger partial charge in [0, 0.05) is 13.1 Å². The third-order valence-corrected chi connectivity index (χ3v) is 1.71. The van der Waals surface area contributed by atoms with Crippen LogP contribution in [0.4, 0.5) is 13.2 Å². The molecule has 0 saturated carbocycles. The summed E-state index contributed by atoms with van der Waals surface area (Å²) in [6.07, 6.45) is 0. The molecule has 0 amide bonds. The van der Waals surface area contributed by atoms with Crippen LogP contribution in [0.5, 0.6) is 0 Å². The summed E-state index contributed by atoms with van der Waals surface area (Å²) < 4.78 is 37.3. The first-order chi connectivity index (χ1) is 4.96. The quantitative estimate of drug-likeness (QED) is 0.485. The Balaban J connectivity index is 4.24. The van der Waals surface area contributed by atoms with Crippen LogP contribution in [0.15, 0.2) is 0 Å². The van der Waals surface area contributed by atoms with Crippen LogP contribution in [0.3, 0.4) is 0 Å². The van der Waals surface area contributed by atoms with E-state index in [0.29, 0.717) is 4.90 Å². The van der Waals surface area contributed by atoms with Gasteiger partial charge in [-0.2, -0.15) is 8.78 Å². The molecule has 1 atom stereocenters. The van der Waals surface area contributed by atoms with E-state index in [0.717, 1.165) is 0 Å². The normalized spacial score (nSPS) is 15.5. The van der Waals surface area contributed by atoms with E-state index in [1.807, 2.05) is 0 Å². The number of halogens is 4. The number of rotatable bonds is 4. The molecule has 0 aliphatic heterocycles. The van der Waals surface area contributed by atoms with E-state index in [1.54, 1.807) is 0 Å². The van der Waals surface area contributed by atoms with Crippen molar-refractivity contribution in [2.75, 3.05) is 13.1 Å². The first kappa shape index (κ1) is 11.0. The van der Waals surface area contributed by atoms with Crippen LogP contribution in [-0.2, 0) is 0 Å². The smallest absolute Gasteiger partial charge is 0.241 e. The van der Waals surface area contributed by atoms with Crippen molar-refractivity contribution >= 4 is 11.6 Å². The first-order valence-electron chi connectivity index (χ1n) is 3.37. The van der Waals surface area contributed by atoms with Crippen LogP contribution in [0.2, 0.25) is 0 Å². The minimum atomic E-state index is -3.55. The largest absolute Gasteiger partial charge is 0.349 e. The lowest BCUT2D eigenvalue weighted by Crippen LogP contribution is -2.46. The highest BCUT2D eigenvalue weighted by atomic mass is 35.5.